The van der Waals surface area contributed by atoms with E-state index in [0.717, 1.165) is 31.5 Å². The second-order valence-electron chi connectivity index (χ2n) is 4.42. The zero-order valence-electron chi connectivity index (χ0n) is 9.82. The number of nitrogens with zero attached hydrogens (tertiary/aromatic N) is 1. The summed E-state index contributed by atoms with van der Waals surface area (Å²) in [5, 5.41) is 13.3. The maximum atomic E-state index is 10.1. The maximum absolute atomic E-state index is 10.1. The van der Waals surface area contributed by atoms with Gasteiger partial charge < -0.3 is 10.4 Å². The van der Waals surface area contributed by atoms with Crippen molar-refractivity contribution in [1.29, 1.82) is 0 Å². The molecule has 2 N–H and O–H groups in total. The summed E-state index contributed by atoms with van der Waals surface area (Å²) in [6.07, 6.45) is 4.84. The molecule has 0 saturated carbocycles. The number of hydrogen-bond donors (Lipinski definition) is 2. The highest BCUT2D eigenvalue weighted by Gasteiger charge is 2.27. The third-order valence-electron chi connectivity index (χ3n) is 3.31. The lowest BCUT2D eigenvalue weighted by Crippen LogP contribution is -2.33. The molecule has 1 aliphatic rings. The van der Waals surface area contributed by atoms with Crippen molar-refractivity contribution in [2.75, 3.05) is 13.1 Å². The Morgan fingerprint density at radius 2 is 2.50 bits per heavy atom. The number of rotatable bonds is 4. The first-order valence-electron chi connectivity index (χ1n) is 6.15. The van der Waals surface area contributed by atoms with Crippen LogP contribution in [-0.2, 0) is 6.42 Å². The Morgan fingerprint density at radius 1 is 1.62 bits per heavy atom. The molecule has 2 rings (SSSR count). The number of aryl methyl sites for hydroxylation is 1. The Morgan fingerprint density at radius 3 is 3.31 bits per heavy atom. The first-order valence-corrected chi connectivity index (χ1v) is 6.15. The molecule has 0 saturated heterocycles. The van der Waals surface area contributed by atoms with Crippen molar-refractivity contribution in [3.8, 4) is 0 Å². The summed E-state index contributed by atoms with van der Waals surface area (Å²) in [7, 11) is 0. The summed E-state index contributed by atoms with van der Waals surface area (Å²) in [6, 6.07) is 4.12. The molecule has 0 bridgehead atoms. The lowest BCUT2D eigenvalue weighted by Gasteiger charge is -2.28. The second-order valence-corrected chi connectivity index (χ2v) is 4.42. The van der Waals surface area contributed by atoms with Crippen molar-refractivity contribution >= 4 is 0 Å². The van der Waals surface area contributed by atoms with Crippen LogP contribution in [0, 0.1) is 0 Å². The van der Waals surface area contributed by atoms with E-state index in [4.69, 9.17) is 0 Å². The summed E-state index contributed by atoms with van der Waals surface area (Å²) < 4.78 is 0. The largest absolute Gasteiger partial charge is 0.391 e. The Kier molecular flexibility index (Phi) is 3.91. The molecule has 16 heavy (non-hydrogen) atoms. The van der Waals surface area contributed by atoms with E-state index in [2.05, 4.69) is 23.3 Å². The van der Waals surface area contributed by atoms with Crippen molar-refractivity contribution in [3.05, 3.63) is 29.6 Å². The third-order valence-corrected chi connectivity index (χ3v) is 3.31. The number of fused-ring (bicyclic) bond motifs is 1. The van der Waals surface area contributed by atoms with Crippen LogP contribution in [0.25, 0.3) is 0 Å². The molecule has 0 spiro atoms. The quantitative estimate of drug-likeness (QED) is 0.807. The summed E-state index contributed by atoms with van der Waals surface area (Å²) in [4.78, 5) is 4.44. The molecular formula is C13H20N2O. The zero-order chi connectivity index (χ0) is 11.4. The lowest BCUT2D eigenvalue weighted by atomic mass is 9.83. The van der Waals surface area contributed by atoms with Gasteiger partial charge in [-0.2, -0.15) is 0 Å². The van der Waals surface area contributed by atoms with Crippen LogP contribution in [-0.4, -0.2) is 29.3 Å². The fraction of sp³-hybridized carbons (Fsp3) is 0.615. The van der Waals surface area contributed by atoms with Gasteiger partial charge in [0, 0.05) is 24.4 Å². The third kappa shape index (κ3) is 2.42. The molecule has 0 amide bonds. The molecular weight excluding hydrogens is 200 g/mol. The van der Waals surface area contributed by atoms with Crippen molar-refractivity contribution in [2.45, 2.75) is 38.2 Å². The number of aliphatic hydroxyl groups is 1. The van der Waals surface area contributed by atoms with E-state index in [1.54, 1.807) is 0 Å². The predicted octanol–water partition coefficient (Wildman–Crippen LogP) is 1.47. The average molecular weight is 220 g/mol. The highest BCUT2D eigenvalue weighted by Crippen LogP contribution is 2.32. The molecule has 88 valence electrons. The molecule has 2 atom stereocenters. The van der Waals surface area contributed by atoms with Crippen LogP contribution >= 0.6 is 0 Å². The fourth-order valence-corrected chi connectivity index (χ4v) is 2.45. The SMILES string of the molecule is CCNCC(O)C1CCCc2cccnc21. The van der Waals surface area contributed by atoms with Crippen molar-refractivity contribution < 1.29 is 5.11 Å². The van der Waals surface area contributed by atoms with E-state index < -0.39 is 0 Å². The molecule has 0 fully saturated rings. The van der Waals surface area contributed by atoms with Gasteiger partial charge in [0.1, 0.15) is 0 Å². The number of pyridine rings is 1. The Labute approximate surface area is 96.9 Å². The number of aromatic nitrogens is 1. The Balaban J connectivity index is 2.12. The average Bonchev–Trinajstić information content (AvgIpc) is 2.35. The molecule has 1 heterocycles. The molecule has 0 aliphatic heterocycles. The standard InChI is InChI=1S/C13H20N2O/c1-2-14-9-12(16)11-7-3-5-10-6-4-8-15-13(10)11/h4,6,8,11-12,14,16H,2-3,5,7,9H2,1H3. The molecule has 3 heteroatoms. The first-order chi connectivity index (χ1) is 7.83. The monoisotopic (exact) mass is 220 g/mol. The lowest BCUT2D eigenvalue weighted by molar-refractivity contribution is 0.131. The summed E-state index contributed by atoms with van der Waals surface area (Å²) >= 11 is 0. The second kappa shape index (κ2) is 5.41. The molecule has 1 aromatic heterocycles. The van der Waals surface area contributed by atoms with Gasteiger partial charge in [-0.1, -0.05) is 13.0 Å². The van der Waals surface area contributed by atoms with E-state index >= 15 is 0 Å². The molecule has 0 radical (unpaired) electrons. The van der Waals surface area contributed by atoms with Gasteiger partial charge >= 0.3 is 0 Å². The summed E-state index contributed by atoms with van der Waals surface area (Å²) in [6.45, 7) is 3.62. The van der Waals surface area contributed by atoms with Gasteiger partial charge in [-0.15, -0.1) is 0 Å². The van der Waals surface area contributed by atoms with Gasteiger partial charge in [-0.3, -0.25) is 4.98 Å². The molecule has 0 aromatic carbocycles. The molecule has 2 unspecified atom stereocenters. The van der Waals surface area contributed by atoms with Crippen LogP contribution in [0.3, 0.4) is 0 Å². The van der Waals surface area contributed by atoms with Gasteiger partial charge in [-0.25, -0.2) is 0 Å². The van der Waals surface area contributed by atoms with Crippen LogP contribution in [0.5, 0.6) is 0 Å². The van der Waals surface area contributed by atoms with Crippen LogP contribution in [0.2, 0.25) is 0 Å². The highest BCUT2D eigenvalue weighted by molar-refractivity contribution is 5.26. The number of nitrogens with one attached hydrogen (secondary N) is 1. The minimum absolute atomic E-state index is 0.212. The topological polar surface area (TPSA) is 45.1 Å². The van der Waals surface area contributed by atoms with Crippen LogP contribution in [0.15, 0.2) is 18.3 Å². The zero-order valence-corrected chi connectivity index (χ0v) is 9.82. The van der Waals surface area contributed by atoms with Crippen molar-refractivity contribution in [2.24, 2.45) is 0 Å². The van der Waals surface area contributed by atoms with E-state index in [1.165, 1.54) is 5.56 Å². The van der Waals surface area contributed by atoms with E-state index in [9.17, 15) is 5.11 Å². The fourth-order valence-electron chi connectivity index (χ4n) is 2.45. The molecule has 1 aliphatic carbocycles. The minimum Gasteiger partial charge on any atom is -0.391 e. The first kappa shape index (κ1) is 11.6. The number of hydrogen-bond acceptors (Lipinski definition) is 3. The maximum Gasteiger partial charge on any atom is 0.0748 e. The van der Waals surface area contributed by atoms with Gasteiger partial charge in [-0.05, 0) is 37.4 Å². The molecule has 3 nitrogen and oxygen atoms in total. The van der Waals surface area contributed by atoms with Crippen LogP contribution in [0.1, 0.15) is 36.9 Å². The van der Waals surface area contributed by atoms with Gasteiger partial charge in [0.2, 0.25) is 0 Å². The highest BCUT2D eigenvalue weighted by atomic mass is 16.3. The van der Waals surface area contributed by atoms with Crippen LogP contribution < -0.4 is 5.32 Å². The van der Waals surface area contributed by atoms with Crippen molar-refractivity contribution in [1.82, 2.24) is 10.3 Å². The summed E-state index contributed by atoms with van der Waals surface area (Å²) in [5.41, 5.74) is 2.42. The molecule has 1 aromatic rings. The minimum atomic E-state index is -0.311. The van der Waals surface area contributed by atoms with E-state index in [0.29, 0.717) is 6.54 Å². The normalized spacial score (nSPS) is 21.5. The van der Waals surface area contributed by atoms with Crippen molar-refractivity contribution in [3.63, 3.8) is 0 Å². The number of aliphatic hydroxyl groups excluding tert-OH is 1. The smallest absolute Gasteiger partial charge is 0.0748 e. The number of likely N-dealkylation sites (N-methyl/N-ethyl adjacent to an activating group) is 1. The predicted molar refractivity (Wildman–Crippen MR) is 64.5 cm³/mol. The van der Waals surface area contributed by atoms with Gasteiger partial charge in [0.25, 0.3) is 0 Å². The van der Waals surface area contributed by atoms with Gasteiger partial charge in [0.15, 0.2) is 0 Å². The van der Waals surface area contributed by atoms with Gasteiger partial charge in [0.05, 0.1) is 6.10 Å². The van der Waals surface area contributed by atoms with Crippen LogP contribution in [0.4, 0.5) is 0 Å². The summed E-state index contributed by atoms with van der Waals surface area (Å²) in [5.74, 6) is 0.212. The Hall–Kier alpha value is -0.930. The Bertz CT molecular complexity index is 340. The van der Waals surface area contributed by atoms with E-state index in [1.807, 2.05) is 12.3 Å². The van der Waals surface area contributed by atoms with E-state index in [-0.39, 0.29) is 12.0 Å².